The summed E-state index contributed by atoms with van der Waals surface area (Å²) in [5, 5.41) is 24.9. The number of aliphatic hydroxyl groups is 1. The van der Waals surface area contributed by atoms with E-state index in [0.717, 1.165) is 97.1 Å². The Morgan fingerprint density at radius 3 is 2.20 bits per heavy atom. The van der Waals surface area contributed by atoms with Crippen molar-refractivity contribution in [3.63, 3.8) is 0 Å². The quantitative estimate of drug-likeness (QED) is 0.158. The topological polar surface area (TPSA) is 125 Å². The second-order valence-electron chi connectivity index (χ2n) is 23.0. The number of nitrogens with zero attached hydrogens (tertiary/aromatic N) is 1. The van der Waals surface area contributed by atoms with Crippen LogP contribution < -0.4 is 5.32 Å². The molecule has 60 heavy (non-hydrogen) atoms. The molecule has 1 saturated heterocycles. The molecular weight excluding hydrogens is 753 g/mol. The van der Waals surface area contributed by atoms with Crippen LogP contribution in [0.15, 0.2) is 35.4 Å². The fourth-order valence-electron chi connectivity index (χ4n) is 15.7. The molecule has 1 amide bonds. The molecule has 1 aromatic carbocycles. The molecule has 11 atom stereocenters. The van der Waals surface area contributed by atoms with Crippen molar-refractivity contribution in [2.45, 2.75) is 152 Å². The largest absolute Gasteiger partial charge is 0.481 e. The number of allylic oxidation sites excluding steroid dienone is 1. The fourth-order valence-corrected chi connectivity index (χ4v) is 15.7. The van der Waals surface area contributed by atoms with Gasteiger partial charge in [0.15, 0.2) is 0 Å². The number of carbonyl (C=O) groups is 3. The van der Waals surface area contributed by atoms with Crippen LogP contribution in [0.25, 0.3) is 0 Å². The highest BCUT2D eigenvalue weighted by Crippen LogP contribution is 2.77. The van der Waals surface area contributed by atoms with Crippen molar-refractivity contribution in [1.29, 1.82) is 0 Å². The first-order valence-corrected chi connectivity index (χ1v) is 23.7. The summed E-state index contributed by atoms with van der Waals surface area (Å²) in [6.07, 6.45) is 9.96. The van der Waals surface area contributed by atoms with Gasteiger partial charge in [-0.2, -0.15) is 0 Å². The zero-order valence-corrected chi connectivity index (χ0v) is 38.3. The molecule has 0 aromatic heterocycles. The predicted molar refractivity (Wildman–Crippen MR) is 233 cm³/mol. The molecule has 6 aliphatic carbocycles. The van der Waals surface area contributed by atoms with Crippen LogP contribution >= 0.6 is 0 Å². The number of carboxylic acid groups (broad SMARTS) is 1. The zero-order chi connectivity index (χ0) is 43.2. The minimum atomic E-state index is -0.822. The molecule has 0 spiro atoms. The first kappa shape index (κ1) is 43.9. The van der Waals surface area contributed by atoms with Gasteiger partial charge in [-0.1, -0.05) is 80.0 Å². The van der Waals surface area contributed by atoms with Gasteiger partial charge in [0.05, 0.1) is 31.2 Å². The maximum Gasteiger partial charge on any atom is 0.309 e. The molecule has 9 nitrogen and oxygen atoms in total. The molecule has 0 radical (unpaired) electrons. The summed E-state index contributed by atoms with van der Waals surface area (Å²) >= 11 is 0. The van der Waals surface area contributed by atoms with Gasteiger partial charge in [0, 0.05) is 37.2 Å². The average molecular weight is 829 g/mol. The number of ether oxygens (including phenoxy) is 2. The molecule has 1 heterocycles. The Hall–Kier alpha value is -2.75. The van der Waals surface area contributed by atoms with Crippen molar-refractivity contribution >= 4 is 17.8 Å². The van der Waals surface area contributed by atoms with Crippen molar-refractivity contribution in [1.82, 2.24) is 10.2 Å². The van der Waals surface area contributed by atoms with E-state index in [9.17, 15) is 24.6 Å². The van der Waals surface area contributed by atoms with Crippen molar-refractivity contribution in [2.75, 3.05) is 32.8 Å². The molecule has 5 saturated carbocycles. The van der Waals surface area contributed by atoms with E-state index in [1.54, 1.807) is 5.57 Å². The normalized spacial score (nSPS) is 40.7. The number of aliphatic carboxylic acids is 1. The summed E-state index contributed by atoms with van der Waals surface area (Å²) in [4.78, 5) is 41.4. The lowest BCUT2D eigenvalue weighted by molar-refractivity contribution is -0.236. The van der Waals surface area contributed by atoms with Crippen molar-refractivity contribution in [3.8, 4) is 0 Å². The molecule has 1 unspecified atom stereocenters. The Labute approximate surface area is 360 Å². The highest BCUT2D eigenvalue weighted by molar-refractivity contribution is 5.94. The van der Waals surface area contributed by atoms with E-state index in [1.807, 2.05) is 26.0 Å². The summed E-state index contributed by atoms with van der Waals surface area (Å²) in [5.41, 5.74) is 4.16. The number of esters is 1. The van der Waals surface area contributed by atoms with Gasteiger partial charge in [-0.25, -0.2) is 0 Å². The lowest BCUT2D eigenvalue weighted by atomic mass is 9.33. The van der Waals surface area contributed by atoms with E-state index in [4.69, 9.17) is 9.47 Å². The van der Waals surface area contributed by atoms with Crippen LogP contribution in [-0.2, 0) is 25.6 Å². The van der Waals surface area contributed by atoms with Gasteiger partial charge >= 0.3 is 11.9 Å². The summed E-state index contributed by atoms with van der Waals surface area (Å²) in [6, 6.07) is 8.07. The van der Waals surface area contributed by atoms with Crippen molar-refractivity contribution < 1.29 is 34.1 Å². The smallest absolute Gasteiger partial charge is 0.309 e. The standard InChI is InChI=1S/C51H76N2O7/c1-31(2)41-37(54)29-51(22-23-52-43(55)33-12-10-32(11-13-33)30-53-24-26-59-27-25-53)21-20-49(8)34(42(41)51)14-15-39-48(7)18-17-40(47(5,6)38(48)16-19-50(39,49)9)60-45(58)36-28-35(44(56)57)46(36,3)4/h10-13,31,34-40,54H,14-30H2,1-9H3,(H,52,55)(H,56,57)/t34-,35+,36-,37?,38+,39-,40+,48+,49-,50-,51-/m1/s1. The van der Waals surface area contributed by atoms with Crippen LogP contribution in [-0.4, -0.2) is 78.0 Å². The number of fused-ring (bicyclic) bond motifs is 7. The van der Waals surface area contributed by atoms with Gasteiger partial charge < -0.3 is 25.0 Å². The summed E-state index contributed by atoms with van der Waals surface area (Å²) < 4.78 is 11.9. The van der Waals surface area contributed by atoms with Gasteiger partial charge in [0.1, 0.15) is 6.10 Å². The summed E-state index contributed by atoms with van der Waals surface area (Å²) in [6.45, 7) is 25.7. The number of nitrogens with one attached hydrogen (secondary N) is 1. The monoisotopic (exact) mass is 829 g/mol. The van der Waals surface area contributed by atoms with E-state index in [2.05, 4.69) is 70.8 Å². The van der Waals surface area contributed by atoms with Crippen molar-refractivity contribution in [3.05, 3.63) is 46.5 Å². The number of morpholine rings is 1. The second kappa shape index (κ2) is 15.5. The molecular formula is C51H76N2O7. The third-order valence-electron chi connectivity index (χ3n) is 19.4. The first-order chi connectivity index (χ1) is 28.2. The number of benzene rings is 1. The van der Waals surface area contributed by atoms with Crippen LogP contribution in [0.3, 0.4) is 0 Å². The number of aliphatic hydroxyl groups excluding tert-OH is 1. The van der Waals surface area contributed by atoms with E-state index in [0.29, 0.717) is 36.3 Å². The number of amides is 1. The molecule has 8 rings (SSSR count). The molecule has 3 N–H and O–H groups in total. The maximum atomic E-state index is 13.7. The maximum absolute atomic E-state index is 13.7. The molecule has 1 aliphatic heterocycles. The molecule has 332 valence electrons. The third-order valence-corrected chi connectivity index (χ3v) is 19.4. The number of carbonyl (C=O) groups excluding carboxylic acids is 2. The van der Waals surface area contributed by atoms with Gasteiger partial charge in [-0.05, 0) is 145 Å². The summed E-state index contributed by atoms with van der Waals surface area (Å²) in [7, 11) is 0. The van der Waals surface area contributed by atoms with E-state index >= 15 is 0 Å². The Balaban J connectivity index is 0.971. The fraction of sp³-hybridized carbons (Fsp3) is 0.784. The minimum absolute atomic E-state index is 0.0257. The minimum Gasteiger partial charge on any atom is -0.481 e. The second-order valence-corrected chi connectivity index (χ2v) is 23.0. The lowest BCUT2D eigenvalue weighted by Crippen LogP contribution is -2.66. The summed E-state index contributed by atoms with van der Waals surface area (Å²) in [5.74, 6) is -0.295. The Morgan fingerprint density at radius 1 is 0.850 bits per heavy atom. The number of rotatable bonds is 10. The molecule has 7 aliphatic rings. The van der Waals surface area contributed by atoms with Crippen LogP contribution in [0.5, 0.6) is 0 Å². The van der Waals surface area contributed by atoms with Crippen molar-refractivity contribution in [2.24, 2.45) is 68.0 Å². The van der Waals surface area contributed by atoms with Gasteiger partial charge in [-0.15, -0.1) is 0 Å². The molecule has 0 bridgehead atoms. The van der Waals surface area contributed by atoms with E-state index in [-0.39, 0.29) is 56.9 Å². The van der Waals surface area contributed by atoms with Crippen LogP contribution in [0.1, 0.15) is 149 Å². The molecule has 9 heteroatoms. The average Bonchev–Trinajstić information content (AvgIpc) is 3.48. The predicted octanol–water partition coefficient (Wildman–Crippen LogP) is 9.07. The van der Waals surface area contributed by atoms with Crippen LogP contribution in [0.2, 0.25) is 0 Å². The number of hydrogen-bond acceptors (Lipinski definition) is 7. The van der Waals surface area contributed by atoms with Gasteiger partial charge in [0.2, 0.25) is 0 Å². The Morgan fingerprint density at radius 2 is 1.55 bits per heavy atom. The van der Waals surface area contributed by atoms with Crippen LogP contribution in [0, 0.1) is 68.0 Å². The number of carboxylic acids is 1. The van der Waals surface area contributed by atoms with Crippen LogP contribution in [0.4, 0.5) is 0 Å². The third kappa shape index (κ3) is 6.83. The molecule has 6 fully saturated rings. The zero-order valence-electron chi connectivity index (χ0n) is 38.3. The first-order valence-electron chi connectivity index (χ1n) is 23.7. The Kier molecular flexibility index (Phi) is 11.3. The lowest BCUT2D eigenvalue weighted by Gasteiger charge is -2.72. The van der Waals surface area contributed by atoms with Gasteiger partial charge in [0.25, 0.3) is 5.91 Å². The van der Waals surface area contributed by atoms with Gasteiger partial charge in [-0.3, -0.25) is 19.3 Å². The van der Waals surface area contributed by atoms with E-state index in [1.165, 1.54) is 11.1 Å². The van der Waals surface area contributed by atoms with E-state index < -0.39 is 23.4 Å². The molecule has 1 aromatic rings. The SMILES string of the molecule is CC(C)C1=C2[C@H]3CC[C@@H]4[C@@]5(C)CC[C@H](OC(=O)[C@H]6C[C@@H](C(=O)O)C6(C)C)C(C)(C)[C@@H]5CC[C@@]4(C)[C@]3(C)CC[C@@]2(CCNC(=O)c2ccc(CN3CCOCC3)cc2)CC1O. The highest BCUT2D eigenvalue weighted by Gasteiger charge is 2.70. The number of hydrogen-bond donors (Lipinski definition) is 3. The highest BCUT2D eigenvalue weighted by atomic mass is 16.5. The Bertz CT molecular complexity index is 1860.